The molecule has 1 aromatic rings. The highest BCUT2D eigenvalue weighted by molar-refractivity contribution is 7.11. The average molecular weight is 209 g/mol. The van der Waals surface area contributed by atoms with Gasteiger partial charge in [-0.2, -0.15) is 0 Å². The summed E-state index contributed by atoms with van der Waals surface area (Å²) in [7, 11) is 0. The lowest BCUT2D eigenvalue weighted by molar-refractivity contribution is 0.660. The van der Waals surface area contributed by atoms with Crippen LogP contribution >= 0.6 is 11.3 Å². The smallest absolute Gasteiger partial charge is 0.0299 e. The molecule has 1 nitrogen and oxygen atoms in total. The normalized spacial score (nSPS) is 10.4. The molecule has 0 bridgehead atoms. The van der Waals surface area contributed by atoms with Crippen LogP contribution in [0.15, 0.2) is 24.8 Å². The van der Waals surface area contributed by atoms with Gasteiger partial charge >= 0.3 is 0 Å². The summed E-state index contributed by atoms with van der Waals surface area (Å²) in [6.45, 7) is 8.01. The minimum absolute atomic E-state index is 1.02. The van der Waals surface area contributed by atoms with Crippen molar-refractivity contribution in [2.24, 2.45) is 0 Å². The zero-order valence-electron chi connectivity index (χ0n) is 8.88. The van der Waals surface area contributed by atoms with Crippen LogP contribution in [0.3, 0.4) is 0 Å². The van der Waals surface area contributed by atoms with E-state index >= 15 is 0 Å². The van der Waals surface area contributed by atoms with Gasteiger partial charge in [-0.15, -0.1) is 17.9 Å². The van der Waals surface area contributed by atoms with E-state index in [9.17, 15) is 0 Å². The van der Waals surface area contributed by atoms with Crippen LogP contribution in [0.2, 0.25) is 0 Å². The molecule has 0 saturated carbocycles. The molecule has 1 aromatic heterocycles. The van der Waals surface area contributed by atoms with Gasteiger partial charge in [-0.05, 0) is 37.9 Å². The van der Waals surface area contributed by atoms with E-state index in [1.165, 1.54) is 16.2 Å². The molecule has 0 radical (unpaired) electrons. The summed E-state index contributed by atoms with van der Waals surface area (Å²) >= 11 is 1.91. The molecule has 0 spiro atoms. The molecule has 2 heteroatoms. The Kier molecular flexibility index (Phi) is 5.57. The SMILES string of the molecule is C=CCCCNCc1ccc(CC)s1. The van der Waals surface area contributed by atoms with Gasteiger partial charge in [0.25, 0.3) is 0 Å². The molecular formula is C12H19NS. The van der Waals surface area contributed by atoms with Crippen LogP contribution in [0.1, 0.15) is 29.5 Å². The van der Waals surface area contributed by atoms with Crippen molar-refractivity contribution in [1.29, 1.82) is 0 Å². The molecule has 0 fully saturated rings. The van der Waals surface area contributed by atoms with E-state index < -0.39 is 0 Å². The Hall–Kier alpha value is -0.600. The lowest BCUT2D eigenvalue weighted by Crippen LogP contribution is -2.13. The first-order chi connectivity index (χ1) is 6.86. The second-order valence-electron chi connectivity index (χ2n) is 3.33. The predicted molar refractivity (Wildman–Crippen MR) is 64.8 cm³/mol. The van der Waals surface area contributed by atoms with Crippen molar-refractivity contribution in [3.8, 4) is 0 Å². The molecule has 0 aromatic carbocycles. The van der Waals surface area contributed by atoms with Crippen molar-refractivity contribution in [3.05, 3.63) is 34.5 Å². The summed E-state index contributed by atoms with van der Waals surface area (Å²) in [5.41, 5.74) is 0. The maximum atomic E-state index is 3.71. The molecule has 1 N–H and O–H groups in total. The fraction of sp³-hybridized carbons (Fsp3) is 0.500. The first kappa shape index (κ1) is 11.5. The number of hydrogen-bond donors (Lipinski definition) is 1. The van der Waals surface area contributed by atoms with Crippen molar-refractivity contribution < 1.29 is 0 Å². The number of hydrogen-bond acceptors (Lipinski definition) is 2. The molecule has 0 aliphatic carbocycles. The van der Waals surface area contributed by atoms with Crippen molar-refractivity contribution in [2.75, 3.05) is 6.54 Å². The molecule has 0 aliphatic rings. The highest BCUT2D eigenvalue weighted by Gasteiger charge is 1.97. The fourth-order valence-electron chi connectivity index (χ4n) is 1.29. The second-order valence-corrected chi connectivity index (χ2v) is 4.58. The maximum Gasteiger partial charge on any atom is 0.0299 e. The predicted octanol–water partition coefficient (Wildman–Crippen LogP) is 3.37. The minimum atomic E-state index is 1.02. The van der Waals surface area contributed by atoms with Gasteiger partial charge in [-0.25, -0.2) is 0 Å². The molecule has 0 atom stereocenters. The van der Waals surface area contributed by atoms with Gasteiger partial charge in [0.2, 0.25) is 0 Å². The number of allylic oxidation sites excluding steroid dienone is 1. The fourth-order valence-corrected chi connectivity index (χ4v) is 2.22. The third kappa shape index (κ3) is 4.07. The van der Waals surface area contributed by atoms with E-state index in [-0.39, 0.29) is 0 Å². The van der Waals surface area contributed by atoms with Crippen LogP contribution in [0.25, 0.3) is 0 Å². The summed E-state index contributed by atoms with van der Waals surface area (Å²) in [5, 5.41) is 3.44. The van der Waals surface area contributed by atoms with Gasteiger partial charge in [0, 0.05) is 16.3 Å². The second kappa shape index (κ2) is 6.80. The average Bonchev–Trinajstić information content (AvgIpc) is 2.65. The topological polar surface area (TPSA) is 12.0 Å². The highest BCUT2D eigenvalue weighted by Crippen LogP contribution is 2.16. The monoisotopic (exact) mass is 209 g/mol. The van der Waals surface area contributed by atoms with Gasteiger partial charge in [0.1, 0.15) is 0 Å². The third-order valence-corrected chi connectivity index (χ3v) is 3.36. The standard InChI is InChI=1S/C12H19NS/c1-3-5-6-9-13-10-12-8-7-11(4-2)14-12/h3,7-8,13H,1,4-6,9-10H2,2H3. The van der Waals surface area contributed by atoms with E-state index in [0.29, 0.717) is 0 Å². The van der Waals surface area contributed by atoms with Crippen LogP contribution in [0.5, 0.6) is 0 Å². The van der Waals surface area contributed by atoms with Crippen LogP contribution in [0, 0.1) is 0 Å². The summed E-state index contributed by atoms with van der Waals surface area (Å²) in [4.78, 5) is 2.92. The molecule has 0 saturated heterocycles. The number of rotatable bonds is 7. The first-order valence-electron chi connectivity index (χ1n) is 5.26. The van der Waals surface area contributed by atoms with E-state index in [4.69, 9.17) is 0 Å². The lowest BCUT2D eigenvalue weighted by atomic mass is 10.3. The van der Waals surface area contributed by atoms with Crippen LogP contribution < -0.4 is 5.32 Å². The Labute approximate surface area is 90.9 Å². The quantitative estimate of drug-likeness (QED) is 0.536. The third-order valence-electron chi connectivity index (χ3n) is 2.13. The number of thiophene rings is 1. The molecular weight excluding hydrogens is 190 g/mol. The Morgan fingerprint density at radius 2 is 2.21 bits per heavy atom. The number of nitrogens with one attached hydrogen (secondary N) is 1. The van der Waals surface area contributed by atoms with Gasteiger partial charge in [0.05, 0.1) is 0 Å². The Balaban J connectivity index is 2.14. The summed E-state index contributed by atoms with van der Waals surface area (Å²) < 4.78 is 0. The zero-order chi connectivity index (χ0) is 10.2. The molecule has 78 valence electrons. The highest BCUT2D eigenvalue weighted by atomic mass is 32.1. The summed E-state index contributed by atoms with van der Waals surface area (Å²) in [6, 6.07) is 4.45. The number of aryl methyl sites for hydroxylation is 1. The van der Waals surface area contributed by atoms with Crippen LogP contribution in [-0.4, -0.2) is 6.54 Å². The molecule has 0 aliphatic heterocycles. The van der Waals surface area contributed by atoms with E-state index in [1.54, 1.807) is 0 Å². The molecule has 1 rings (SSSR count). The van der Waals surface area contributed by atoms with Crippen molar-refractivity contribution in [1.82, 2.24) is 5.32 Å². The lowest BCUT2D eigenvalue weighted by Gasteiger charge is -2.00. The van der Waals surface area contributed by atoms with Crippen molar-refractivity contribution >= 4 is 11.3 Å². The summed E-state index contributed by atoms with van der Waals surface area (Å²) in [6.07, 6.45) is 5.43. The Morgan fingerprint density at radius 1 is 1.43 bits per heavy atom. The van der Waals surface area contributed by atoms with Crippen molar-refractivity contribution in [2.45, 2.75) is 32.7 Å². The van der Waals surface area contributed by atoms with Gasteiger partial charge < -0.3 is 5.32 Å². The molecule has 14 heavy (non-hydrogen) atoms. The Morgan fingerprint density at radius 3 is 2.86 bits per heavy atom. The number of unbranched alkanes of at least 4 members (excludes halogenated alkanes) is 1. The Bertz CT molecular complexity index is 265. The summed E-state index contributed by atoms with van der Waals surface area (Å²) in [5.74, 6) is 0. The van der Waals surface area contributed by atoms with Crippen LogP contribution in [-0.2, 0) is 13.0 Å². The largest absolute Gasteiger partial charge is 0.312 e. The van der Waals surface area contributed by atoms with Gasteiger partial charge in [-0.3, -0.25) is 0 Å². The van der Waals surface area contributed by atoms with E-state index in [1.807, 2.05) is 17.4 Å². The minimum Gasteiger partial charge on any atom is -0.312 e. The zero-order valence-corrected chi connectivity index (χ0v) is 9.70. The van der Waals surface area contributed by atoms with Crippen molar-refractivity contribution in [3.63, 3.8) is 0 Å². The molecule has 0 amide bonds. The molecule has 1 heterocycles. The van der Waals surface area contributed by atoms with Crippen LogP contribution in [0.4, 0.5) is 0 Å². The van der Waals surface area contributed by atoms with Gasteiger partial charge in [0.15, 0.2) is 0 Å². The maximum absolute atomic E-state index is 3.71. The van der Waals surface area contributed by atoms with E-state index in [0.717, 1.165) is 25.9 Å². The molecule has 0 unspecified atom stereocenters. The van der Waals surface area contributed by atoms with Gasteiger partial charge in [-0.1, -0.05) is 13.0 Å². The van der Waals surface area contributed by atoms with E-state index in [2.05, 4.69) is 31.0 Å². The first-order valence-corrected chi connectivity index (χ1v) is 6.07.